The highest BCUT2D eigenvalue weighted by molar-refractivity contribution is 5.98. The molecular formula is C19H22N4O5. The maximum absolute atomic E-state index is 11.8. The van der Waals surface area contributed by atoms with E-state index in [0.29, 0.717) is 37.9 Å². The quantitative estimate of drug-likeness (QED) is 0.343. The van der Waals surface area contributed by atoms with Gasteiger partial charge in [-0.1, -0.05) is 24.8 Å². The number of aliphatic imine (C=N–C) groups is 2. The molecule has 0 aromatic heterocycles. The molecular weight excluding hydrogens is 364 g/mol. The fourth-order valence-corrected chi connectivity index (χ4v) is 2.25. The molecule has 0 heterocycles. The van der Waals surface area contributed by atoms with Gasteiger partial charge >= 0.3 is 12.1 Å². The standard InChI is InChI=1S/C19H22N4O5/c1-2-15-6-8-17(9-7-15)22-18(26)23-19(27)28-12-10-16(21-14-25)5-3-4-11-20-13-24/h2,6-9,16H,1,3-5,10-12H2,(H2,22,23,26,27). The van der Waals surface area contributed by atoms with Gasteiger partial charge in [-0.05, 0) is 37.0 Å². The number of amides is 3. The van der Waals surface area contributed by atoms with E-state index in [0.717, 1.165) is 5.56 Å². The minimum absolute atomic E-state index is 0.0184. The number of carbonyl (C=O) groups excluding carboxylic acids is 4. The van der Waals surface area contributed by atoms with Crippen molar-refractivity contribution in [3.05, 3.63) is 36.4 Å². The Morgan fingerprint density at radius 2 is 1.89 bits per heavy atom. The van der Waals surface area contributed by atoms with Crippen molar-refractivity contribution in [3.8, 4) is 0 Å². The second-order valence-corrected chi connectivity index (χ2v) is 5.67. The Hall–Kier alpha value is -3.54. The molecule has 1 rings (SSSR count). The molecule has 0 fully saturated rings. The normalized spacial score (nSPS) is 10.6. The lowest BCUT2D eigenvalue weighted by atomic mass is 10.1. The molecule has 1 aromatic carbocycles. The number of rotatable bonds is 11. The molecule has 2 N–H and O–H groups in total. The van der Waals surface area contributed by atoms with Crippen LogP contribution in [0.3, 0.4) is 0 Å². The highest BCUT2D eigenvalue weighted by Gasteiger charge is 2.12. The highest BCUT2D eigenvalue weighted by atomic mass is 16.5. The van der Waals surface area contributed by atoms with Crippen molar-refractivity contribution < 1.29 is 23.9 Å². The molecule has 1 aromatic rings. The first-order valence-corrected chi connectivity index (χ1v) is 8.67. The third-order valence-corrected chi connectivity index (χ3v) is 3.66. The zero-order valence-corrected chi connectivity index (χ0v) is 15.3. The Bertz CT molecular complexity index is 750. The van der Waals surface area contributed by atoms with Crippen molar-refractivity contribution in [3.63, 3.8) is 0 Å². The fourth-order valence-electron chi connectivity index (χ4n) is 2.25. The van der Waals surface area contributed by atoms with Crippen molar-refractivity contribution in [2.24, 2.45) is 9.98 Å². The number of anilines is 1. The summed E-state index contributed by atoms with van der Waals surface area (Å²) in [7, 11) is 0. The van der Waals surface area contributed by atoms with E-state index >= 15 is 0 Å². The number of hydrogen-bond acceptors (Lipinski definition) is 7. The number of unbranched alkanes of at least 4 members (excludes halogenated alkanes) is 1. The summed E-state index contributed by atoms with van der Waals surface area (Å²) < 4.78 is 4.92. The minimum Gasteiger partial charge on any atom is -0.449 e. The molecule has 28 heavy (non-hydrogen) atoms. The molecule has 0 saturated carbocycles. The van der Waals surface area contributed by atoms with E-state index in [4.69, 9.17) is 4.74 Å². The number of ether oxygens (including phenoxy) is 1. The molecule has 3 amide bonds. The molecule has 148 valence electrons. The van der Waals surface area contributed by atoms with Crippen molar-refractivity contribution in [1.82, 2.24) is 5.32 Å². The number of urea groups is 1. The smallest absolute Gasteiger partial charge is 0.415 e. The van der Waals surface area contributed by atoms with Crippen LogP contribution in [0.15, 0.2) is 40.8 Å². The molecule has 0 bridgehead atoms. The molecule has 1 unspecified atom stereocenters. The van der Waals surface area contributed by atoms with Crippen molar-refractivity contribution in [2.75, 3.05) is 18.5 Å². The molecule has 9 heteroatoms. The summed E-state index contributed by atoms with van der Waals surface area (Å²) in [4.78, 5) is 50.9. The monoisotopic (exact) mass is 386 g/mol. The predicted molar refractivity (Wildman–Crippen MR) is 103 cm³/mol. The van der Waals surface area contributed by atoms with Gasteiger partial charge in [-0.3, -0.25) is 0 Å². The van der Waals surface area contributed by atoms with E-state index in [-0.39, 0.29) is 12.6 Å². The van der Waals surface area contributed by atoms with Gasteiger partial charge in [0, 0.05) is 12.1 Å². The number of isocyanates is 2. The zero-order valence-electron chi connectivity index (χ0n) is 15.3. The number of alkyl carbamates (subject to hydrolysis) is 1. The summed E-state index contributed by atoms with van der Waals surface area (Å²) in [5, 5.41) is 4.54. The van der Waals surface area contributed by atoms with Gasteiger partial charge in [-0.15, -0.1) is 0 Å². The summed E-state index contributed by atoms with van der Waals surface area (Å²) in [6.07, 6.45) is 5.93. The second kappa shape index (κ2) is 13.6. The van der Waals surface area contributed by atoms with Gasteiger partial charge in [-0.25, -0.2) is 34.5 Å². The van der Waals surface area contributed by atoms with Gasteiger partial charge in [-0.2, -0.15) is 0 Å². The highest BCUT2D eigenvalue weighted by Crippen LogP contribution is 2.10. The first kappa shape index (κ1) is 22.5. The molecule has 1 atom stereocenters. The fraction of sp³-hybridized carbons (Fsp3) is 0.368. The number of nitrogens with one attached hydrogen (secondary N) is 2. The molecule has 0 spiro atoms. The summed E-state index contributed by atoms with van der Waals surface area (Å²) in [6.45, 7) is 3.98. The predicted octanol–water partition coefficient (Wildman–Crippen LogP) is 3.19. The van der Waals surface area contributed by atoms with E-state index in [9.17, 15) is 19.2 Å². The Morgan fingerprint density at radius 3 is 2.54 bits per heavy atom. The first-order chi connectivity index (χ1) is 13.6. The van der Waals surface area contributed by atoms with Crippen LogP contribution in [0.5, 0.6) is 0 Å². The second-order valence-electron chi connectivity index (χ2n) is 5.67. The Labute approximate surface area is 162 Å². The Morgan fingerprint density at radius 1 is 1.14 bits per heavy atom. The van der Waals surface area contributed by atoms with Crippen LogP contribution in [0.25, 0.3) is 6.08 Å². The number of nitrogens with zero attached hydrogens (tertiary/aromatic N) is 2. The average Bonchev–Trinajstić information content (AvgIpc) is 2.68. The summed E-state index contributed by atoms with van der Waals surface area (Å²) >= 11 is 0. The molecule has 0 aliphatic carbocycles. The zero-order chi connectivity index (χ0) is 20.6. The SMILES string of the molecule is C=Cc1ccc(NC(=O)NC(=O)OCCC(CCCCN=C=O)N=C=O)cc1. The molecule has 0 radical (unpaired) electrons. The van der Waals surface area contributed by atoms with E-state index in [2.05, 4.69) is 21.9 Å². The molecule has 9 nitrogen and oxygen atoms in total. The maximum Gasteiger partial charge on any atom is 0.415 e. The van der Waals surface area contributed by atoms with Crippen LogP contribution in [-0.4, -0.2) is 43.5 Å². The van der Waals surface area contributed by atoms with Crippen LogP contribution >= 0.6 is 0 Å². The minimum atomic E-state index is -0.908. The summed E-state index contributed by atoms with van der Waals surface area (Å²) in [6, 6.07) is 5.78. The molecule has 0 aliphatic heterocycles. The van der Waals surface area contributed by atoms with Crippen LogP contribution in [0.1, 0.15) is 31.2 Å². The van der Waals surface area contributed by atoms with Gasteiger partial charge in [0.1, 0.15) is 0 Å². The van der Waals surface area contributed by atoms with Gasteiger partial charge in [0.25, 0.3) is 0 Å². The van der Waals surface area contributed by atoms with Gasteiger partial charge in [0.05, 0.1) is 19.2 Å². The van der Waals surface area contributed by atoms with E-state index in [1.807, 2.05) is 5.32 Å². The summed E-state index contributed by atoms with van der Waals surface area (Å²) in [5.74, 6) is 0. The molecule has 0 saturated heterocycles. The van der Waals surface area contributed by atoms with Crippen molar-refractivity contribution in [1.29, 1.82) is 0 Å². The van der Waals surface area contributed by atoms with Crippen LogP contribution < -0.4 is 10.6 Å². The Balaban J connectivity index is 2.30. The number of carbonyl (C=O) groups is 2. The molecule has 0 aliphatic rings. The lowest BCUT2D eigenvalue weighted by molar-refractivity contribution is 0.144. The van der Waals surface area contributed by atoms with Crippen LogP contribution in [0.2, 0.25) is 0 Å². The van der Waals surface area contributed by atoms with E-state index < -0.39 is 12.1 Å². The van der Waals surface area contributed by atoms with Crippen LogP contribution in [0.4, 0.5) is 15.3 Å². The Kier molecular flexibility index (Phi) is 11.0. The maximum atomic E-state index is 11.8. The van der Waals surface area contributed by atoms with Gasteiger partial charge in [0.2, 0.25) is 12.2 Å². The lowest BCUT2D eigenvalue weighted by Gasteiger charge is -2.11. The van der Waals surface area contributed by atoms with E-state index in [1.54, 1.807) is 30.3 Å². The average molecular weight is 386 g/mol. The number of hydrogen-bond donors (Lipinski definition) is 2. The first-order valence-electron chi connectivity index (χ1n) is 8.67. The van der Waals surface area contributed by atoms with E-state index in [1.165, 1.54) is 12.2 Å². The van der Waals surface area contributed by atoms with Crippen molar-refractivity contribution >= 4 is 36.0 Å². The topological polar surface area (TPSA) is 126 Å². The summed E-state index contributed by atoms with van der Waals surface area (Å²) in [5.41, 5.74) is 1.41. The third kappa shape index (κ3) is 9.82. The van der Waals surface area contributed by atoms with Crippen LogP contribution in [0, 0.1) is 0 Å². The number of benzene rings is 1. The number of imide groups is 1. The third-order valence-electron chi connectivity index (χ3n) is 3.66. The largest absolute Gasteiger partial charge is 0.449 e. The van der Waals surface area contributed by atoms with Gasteiger partial charge in [0.15, 0.2) is 0 Å². The van der Waals surface area contributed by atoms with Crippen molar-refractivity contribution in [2.45, 2.75) is 31.7 Å². The van der Waals surface area contributed by atoms with Gasteiger partial charge < -0.3 is 10.1 Å². The lowest BCUT2D eigenvalue weighted by Crippen LogP contribution is -2.35. The van der Waals surface area contributed by atoms with Crippen LogP contribution in [-0.2, 0) is 14.3 Å².